The van der Waals surface area contributed by atoms with Crippen molar-refractivity contribution in [1.29, 1.82) is 0 Å². The number of hydrogen-bond donors (Lipinski definition) is 0. The van der Waals surface area contributed by atoms with Gasteiger partial charge in [-0.05, 0) is 44.4 Å². The van der Waals surface area contributed by atoms with Gasteiger partial charge in [-0.2, -0.15) is 0 Å². The van der Waals surface area contributed by atoms with Crippen LogP contribution < -0.4 is 0 Å². The fourth-order valence-electron chi connectivity index (χ4n) is 10.1. The summed E-state index contributed by atoms with van der Waals surface area (Å²) in [5, 5.41) is 0. The topological polar surface area (TPSA) is 154 Å². The zero-order valence-electron chi connectivity index (χ0n) is 30.7. The van der Waals surface area contributed by atoms with Crippen molar-refractivity contribution < 1.29 is 56.8 Å². The maximum Gasteiger partial charge on any atom is 0.333 e. The van der Waals surface area contributed by atoms with Crippen LogP contribution in [0.2, 0.25) is 0 Å². The zero-order valence-corrected chi connectivity index (χ0v) is 30.7. The van der Waals surface area contributed by atoms with E-state index in [9.17, 15) is 24.0 Å². The average Bonchev–Trinajstić information content (AvgIpc) is 3.75. The van der Waals surface area contributed by atoms with Gasteiger partial charge in [0.1, 0.15) is 24.4 Å². The molecule has 0 radical (unpaired) electrons. The molecule has 2 saturated carbocycles. The minimum Gasteiger partial charge on any atom is -0.472 e. The molecule has 2 heterocycles. The molecule has 3 fully saturated rings. The predicted octanol–water partition coefficient (Wildman–Crippen LogP) is 5.39. The number of rotatable bonds is 9. The van der Waals surface area contributed by atoms with E-state index in [2.05, 4.69) is 0 Å². The van der Waals surface area contributed by atoms with E-state index in [-0.39, 0.29) is 25.6 Å². The van der Waals surface area contributed by atoms with E-state index >= 15 is 0 Å². The number of carbonyl (C=O) groups is 5. The lowest BCUT2D eigenvalue weighted by atomic mass is 9.40. The molecule has 1 aliphatic heterocycles. The largest absolute Gasteiger partial charge is 0.472 e. The van der Waals surface area contributed by atoms with Crippen molar-refractivity contribution in [1.82, 2.24) is 0 Å². The summed E-state index contributed by atoms with van der Waals surface area (Å²) in [6, 6.07) is 1.87. The van der Waals surface area contributed by atoms with E-state index in [0.717, 1.165) is 11.1 Å². The van der Waals surface area contributed by atoms with Crippen LogP contribution in [0, 0.1) is 28.1 Å². The molecule has 274 valence electrons. The molecule has 1 aromatic rings. The van der Waals surface area contributed by atoms with Crippen molar-refractivity contribution in [2.75, 3.05) is 13.2 Å². The zero-order chi connectivity index (χ0) is 36.9. The molecule has 0 bridgehead atoms. The molecule has 5 rings (SSSR count). The first-order valence-corrected chi connectivity index (χ1v) is 17.2. The number of furan rings is 1. The van der Waals surface area contributed by atoms with Crippen LogP contribution in [-0.2, 0) is 52.4 Å². The Morgan fingerprint density at radius 1 is 0.880 bits per heavy atom. The van der Waals surface area contributed by atoms with Gasteiger partial charge in [0.15, 0.2) is 0 Å². The predicted molar refractivity (Wildman–Crippen MR) is 177 cm³/mol. The first-order chi connectivity index (χ1) is 23.4. The number of hydrogen-bond acceptors (Lipinski definition) is 12. The maximum atomic E-state index is 13.8. The lowest BCUT2D eigenvalue weighted by molar-refractivity contribution is -0.265. The van der Waals surface area contributed by atoms with Crippen molar-refractivity contribution in [3.63, 3.8) is 0 Å². The monoisotopic (exact) mass is 698 g/mol. The van der Waals surface area contributed by atoms with Crippen molar-refractivity contribution in [2.45, 2.75) is 119 Å². The summed E-state index contributed by atoms with van der Waals surface area (Å²) < 4.78 is 42.8. The summed E-state index contributed by atoms with van der Waals surface area (Å²) in [5.41, 5.74) is -0.187. The third kappa shape index (κ3) is 6.07. The second-order valence-electron chi connectivity index (χ2n) is 15.0. The normalized spacial score (nSPS) is 37.8. The Labute approximate surface area is 293 Å². The minimum atomic E-state index is -1.23. The fourth-order valence-corrected chi connectivity index (χ4v) is 10.1. The van der Waals surface area contributed by atoms with Crippen molar-refractivity contribution in [3.8, 4) is 0 Å². The fraction of sp³-hybridized carbons (Fsp3) is 0.658. The lowest BCUT2D eigenvalue weighted by Crippen LogP contribution is -2.73. The second-order valence-corrected chi connectivity index (χ2v) is 15.0. The Morgan fingerprint density at radius 2 is 1.52 bits per heavy atom. The highest BCUT2D eigenvalue weighted by atomic mass is 16.6. The van der Waals surface area contributed by atoms with Crippen LogP contribution in [0.15, 0.2) is 45.8 Å². The number of ether oxygens (including phenoxy) is 6. The molecule has 4 aliphatic rings. The molecule has 1 saturated heterocycles. The summed E-state index contributed by atoms with van der Waals surface area (Å²) in [6.45, 7) is 16.6. The van der Waals surface area contributed by atoms with Crippen LogP contribution in [0.5, 0.6) is 0 Å². The summed E-state index contributed by atoms with van der Waals surface area (Å²) in [4.78, 5) is 64.5. The van der Waals surface area contributed by atoms with E-state index in [4.69, 9.17) is 32.8 Å². The summed E-state index contributed by atoms with van der Waals surface area (Å²) in [5.74, 6) is -4.03. The van der Waals surface area contributed by atoms with Crippen LogP contribution in [0.1, 0.15) is 93.6 Å². The van der Waals surface area contributed by atoms with Crippen molar-refractivity contribution in [3.05, 3.63) is 47.0 Å². The molecule has 11 atom stereocenters. The Morgan fingerprint density at radius 3 is 2.08 bits per heavy atom. The van der Waals surface area contributed by atoms with Crippen LogP contribution >= 0.6 is 0 Å². The SMILES string of the molecule is CC=C(C)C(=O)OC1C2OCC3(C)C(OC(C)=O)CC(OC(C)=O)C(C)(C23)C(COC(C)=O)C1(C)C1=C(C)C(c2ccoc2)CC1OC(C)=O. The molecular weight excluding hydrogens is 648 g/mol. The molecule has 3 aliphatic carbocycles. The van der Waals surface area contributed by atoms with E-state index in [1.54, 1.807) is 32.4 Å². The smallest absolute Gasteiger partial charge is 0.333 e. The van der Waals surface area contributed by atoms with Gasteiger partial charge in [-0.1, -0.05) is 32.4 Å². The van der Waals surface area contributed by atoms with Gasteiger partial charge in [0.2, 0.25) is 0 Å². The molecule has 12 heteroatoms. The number of esters is 5. The molecule has 0 amide bonds. The highest BCUT2D eigenvalue weighted by Crippen LogP contribution is 2.71. The molecule has 0 aromatic carbocycles. The first kappa shape index (κ1) is 37.3. The number of carbonyl (C=O) groups excluding carboxylic acids is 5. The van der Waals surface area contributed by atoms with Gasteiger partial charge in [-0.15, -0.1) is 0 Å². The van der Waals surface area contributed by atoms with E-state index in [1.807, 2.05) is 33.8 Å². The van der Waals surface area contributed by atoms with Gasteiger partial charge < -0.3 is 32.8 Å². The minimum absolute atomic E-state index is 0.145. The third-order valence-electron chi connectivity index (χ3n) is 12.1. The van der Waals surface area contributed by atoms with Crippen LogP contribution in [0.25, 0.3) is 0 Å². The van der Waals surface area contributed by atoms with Crippen molar-refractivity contribution >= 4 is 29.8 Å². The Kier molecular flexibility index (Phi) is 10.2. The summed E-state index contributed by atoms with van der Waals surface area (Å²) >= 11 is 0. The van der Waals surface area contributed by atoms with Gasteiger partial charge in [0.05, 0.1) is 31.8 Å². The maximum absolute atomic E-state index is 13.8. The van der Waals surface area contributed by atoms with Crippen molar-refractivity contribution in [2.24, 2.45) is 28.1 Å². The third-order valence-corrected chi connectivity index (χ3v) is 12.1. The summed E-state index contributed by atoms with van der Waals surface area (Å²) in [6.07, 6.45) is 1.38. The quantitative estimate of drug-likeness (QED) is 0.141. The molecular formula is C38H50O12. The van der Waals surface area contributed by atoms with Crippen LogP contribution in [-0.4, -0.2) is 73.6 Å². The van der Waals surface area contributed by atoms with E-state index in [1.165, 1.54) is 27.7 Å². The molecule has 12 nitrogen and oxygen atoms in total. The Hall–Kier alpha value is -3.93. The first-order valence-electron chi connectivity index (χ1n) is 17.2. The van der Waals surface area contributed by atoms with Gasteiger partial charge >= 0.3 is 29.8 Å². The average molecular weight is 699 g/mol. The van der Waals surface area contributed by atoms with E-state index < -0.39 is 88.4 Å². The summed E-state index contributed by atoms with van der Waals surface area (Å²) in [7, 11) is 0. The molecule has 0 spiro atoms. The highest BCUT2D eigenvalue weighted by Gasteiger charge is 2.77. The number of allylic oxidation sites excluding steroid dienone is 2. The second kappa shape index (κ2) is 13.7. The van der Waals surface area contributed by atoms with Gasteiger partial charge in [0, 0.05) is 73.7 Å². The Bertz CT molecular complexity index is 1590. The Balaban J connectivity index is 1.84. The van der Waals surface area contributed by atoms with Gasteiger partial charge in [-0.25, -0.2) is 4.79 Å². The van der Waals surface area contributed by atoms with Crippen LogP contribution in [0.3, 0.4) is 0 Å². The highest BCUT2D eigenvalue weighted by molar-refractivity contribution is 5.88. The molecule has 50 heavy (non-hydrogen) atoms. The molecule has 11 unspecified atom stereocenters. The van der Waals surface area contributed by atoms with Crippen LogP contribution in [0.4, 0.5) is 0 Å². The van der Waals surface area contributed by atoms with E-state index in [0.29, 0.717) is 17.6 Å². The molecule has 1 aromatic heterocycles. The van der Waals surface area contributed by atoms with Gasteiger partial charge in [-0.3, -0.25) is 19.2 Å². The standard InChI is InChI=1S/C38H50O12/c1-11-19(2)35(43)50-34-32-33-36(8,18-46-32)29(48-23(6)41)15-30(49-24(7)42)37(33,9)28(17-45-21(4)39)38(34,10)31-20(3)26(25-12-13-44-16-25)14-27(31)47-22(5)40/h11-13,16,26-30,32-34H,14-15,17-18H2,1-10H3. The lowest BCUT2D eigenvalue weighted by Gasteiger charge is -2.66. The van der Waals surface area contributed by atoms with Gasteiger partial charge in [0.25, 0.3) is 0 Å². The molecule has 0 N–H and O–H groups in total.